The van der Waals surface area contributed by atoms with Crippen LogP contribution in [0, 0.1) is 6.92 Å². The number of anilines is 1. The molecule has 16 heavy (non-hydrogen) atoms. The van der Waals surface area contributed by atoms with Crippen molar-refractivity contribution in [3.05, 3.63) is 28.2 Å². The van der Waals surface area contributed by atoms with Crippen molar-refractivity contribution in [1.29, 1.82) is 0 Å². The first kappa shape index (κ1) is 11.4. The Morgan fingerprint density at radius 2 is 2.19 bits per heavy atom. The Balaban J connectivity index is 2.40. The summed E-state index contributed by atoms with van der Waals surface area (Å²) in [4.78, 5) is 9.83. The van der Waals surface area contributed by atoms with Crippen LogP contribution in [0.4, 0.5) is 5.82 Å². The van der Waals surface area contributed by atoms with Gasteiger partial charge in [0.15, 0.2) is 5.82 Å². The van der Waals surface area contributed by atoms with E-state index in [0.29, 0.717) is 0 Å². The van der Waals surface area contributed by atoms with E-state index in [1.807, 2.05) is 31.4 Å². The minimum Gasteiger partial charge on any atom is -0.370 e. The highest BCUT2D eigenvalue weighted by molar-refractivity contribution is 7.14. The van der Waals surface area contributed by atoms with E-state index in [9.17, 15) is 0 Å². The summed E-state index contributed by atoms with van der Waals surface area (Å²) in [5.41, 5.74) is 0.950. The molecule has 0 bridgehead atoms. The topological polar surface area (TPSA) is 37.8 Å². The van der Waals surface area contributed by atoms with Gasteiger partial charge in [0.25, 0.3) is 0 Å². The largest absolute Gasteiger partial charge is 0.370 e. The van der Waals surface area contributed by atoms with E-state index in [1.165, 1.54) is 0 Å². The summed E-state index contributed by atoms with van der Waals surface area (Å²) in [5.74, 6) is 1.59. The molecule has 2 heterocycles. The third-order valence-corrected chi connectivity index (χ3v) is 3.27. The van der Waals surface area contributed by atoms with Crippen LogP contribution in [-0.2, 0) is 0 Å². The highest BCUT2D eigenvalue weighted by atomic mass is 35.5. The maximum atomic E-state index is 5.89. The van der Waals surface area contributed by atoms with Crippen LogP contribution in [0.3, 0.4) is 0 Å². The predicted octanol–water partition coefficient (Wildman–Crippen LogP) is 3.60. The van der Waals surface area contributed by atoms with Gasteiger partial charge in [-0.25, -0.2) is 9.97 Å². The Kier molecular flexibility index (Phi) is 3.41. The maximum Gasteiger partial charge on any atom is 0.171 e. The normalized spacial score (nSPS) is 10.4. The molecule has 2 aromatic heterocycles. The molecule has 0 aliphatic heterocycles. The van der Waals surface area contributed by atoms with Crippen molar-refractivity contribution in [2.75, 3.05) is 11.9 Å². The zero-order valence-corrected chi connectivity index (χ0v) is 10.7. The average molecular weight is 254 g/mol. The van der Waals surface area contributed by atoms with Gasteiger partial charge in [-0.1, -0.05) is 11.6 Å². The molecule has 0 saturated heterocycles. The van der Waals surface area contributed by atoms with Crippen molar-refractivity contribution in [3.63, 3.8) is 0 Å². The van der Waals surface area contributed by atoms with Gasteiger partial charge >= 0.3 is 0 Å². The number of halogens is 1. The smallest absolute Gasteiger partial charge is 0.171 e. The van der Waals surface area contributed by atoms with Crippen molar-refractivity contribution in [2.24, 2.45) is 0 Å². The summed E-state index contributed by atoms with van der Waals surface area (Å²) in [6, 6.07) is 3.82. The molecule has 1 N–H and O–H groups in total. The first-order valence-corrected chi connectivity index (χ1v) is 6.28. The second-order valence-electron chi connectivity index (χ2n) is 3.38. The maximum absolute atomic E-state index is 5.89. The molecule has 2 rings (SSSR count). The van der Waals surface area contributed by atoms with E-state index in [4.69, 9.17) is 11.6 Å². The zero-order valence-electron chi connectivity index (χ0n) is 9.12. The first-order valence-electron chi connectivity index (χ1n) is 5.03. The van der Waals surface area contributed by atoms with Gasteiger partial charge < -0.3 is 5.32 Å². The fraction of sp³-hybridized carbons (Fsp3) is 0.273. The van der Waals surface area contributed by atoms with E-state index in [1.54, 1.807) is 11.3 Å². The third-order valence-electron chi connectivity index (χ3n) is 2.00. The minimum absolute atomic E-state index is 0.729. The van der Waals surface area contributed by atoms with Crippen LogP contribution < -0.4 is 5.32 Å². The molecule has 5 heteroatoms. The lowest BCUT2D eigenvalue weighted by molar-refractivity contribution is 1.08. The molecule has 0 atom stereocenters. The molecule has 0 saturated carbocycles. The van der Waals surface area contributed by atoms with Crippen molar-refractivity contribution >= 4 is 28.8 Å². The second kappa shape index (κ2) is 4.80. The third kappa shape index (κ3) is 2.51. The molecule has 0 aromatic carbocycles. The number of hydrogen-bond donors (Lipinski definition) is 1. The zero-order chi connectivity index (χ0) is 11.5. The lowest BCUT2D eigenvalue weighted by Crippen LogP contribution is -2.02. The van der Waals surface area contributed by atoms with E-state index in [-0.39, 0.29) is 0 Å². The van der Waals surface area contributed by atoms with E-state index < -0.39 is 0 Å². The molecule has 0 radical (unpaired) electrons. The Labute approximate surface area is 104 Å². The summed E-state index contributed by atoms with van der Waals surface area (Å²) < 4.78 is 0. The van der Waals surface area contributed by atoms with Gasteiger partial charge in [-0.2, -0.15) is 0 Å². The predicted molar refractivity (Wildman–Crippen MR) is 69.3 cm³/mol. The number of aryl methyl sites for hydroxylation is 1. The fourth-order valence-electron chi connectivity index (χ4n) is 1.38. The van der Waals surface area contributed by atoms with E-state index in [0.717, 1.165) is 33.8 Å². The van der Waals surface area contributed by atoms with Crippen molar-refractivity contribution < 1.29 is 0 Å². The molecule has 0 aliphatic carbocycles. The summed E-state index contributed by atoms with van der Waals surface area (Å²) in [7, 11) is 0. The summed E-state index contributed by atoms with van der Waals surface area (Å²) in [6.07, 6.45) is 0. The lowest BCUT2D eigenvalue weighted by atomic mass is 10.3. The molecule has 0 aliphatic rings. The van der Waals surface area contributed by atoms with Crippen LogP contribution in [-0.4, -0.2) is 16.5 Å². The summed E-state index contributed by atoms with van der Waals surface area (Å²) in [6.45, 7) is 4.85. The van der Waals surface area contributed by atoms with Gasteiger partial charge in [0.1, 0.15) is 5.82 Å². The number of thiophene rings is 1. The highest BCUT2D eigenvalue weighted by Crippen LogP contribution is 2.27. The molecule has 3 nitrogen and oxygen atoms in total. The van der Waals surface area contributed by atoms with E-state index in [2.05, 4.69) is 15.3 Å². The molecule has 0 amide bonds. The number of nitrogens with one attached hydrogen (secondary N) is 1. The molecule has 0 fully saturated rings. The minimum atomic E-state index is 0.729. The summed E-state index contributed by atoms with van der Waals surface area (Å²) in [5, 5.41) is 5.80. The van der Waals surface area contributed by atoms with Crippen LogP contribution in [0.1, 0.15) is 12.6 Å². The van der Waals surface area contributed by atoms with Gasteiger partial charge in [0.05, 0.1) is 9.90 Å². The quantitative estimate of drug-likeness (QED) is 0.908. The van der Waals surface area contributed by atoms with E-state index >= 15 is 0 Å². The SMILES string of the molecule is CCNc1cc(C)nc(-c2cc(Cl)cs2)n1. The molecule has 0 spiro atoms. The summed E-state index contributed by atoms with van der Waals surface area (Å²) >= 11 is 7.44. The van der Waals surface area contributed by atoms with Crippen LogP contribution in [0.5, 0.6) is 0 Å². The fourth-order valence-corrected chi connectivity index (χ4v) is 2.39. The average Bonchev–Trinajstić information content (AvgIpc) is 2.64. The number of aromatic nitrogens is 2. The Morgan fingerprint density at radius 1 is 1.38 bits per heavy atom. The van der Waals surface area contributed by atoms with Crippen LogP contribution in [0.25, 0.3) is 10.7 Å². The Hall–Kier alpha value is -1.13. The van der Waals surface area contributed by atoms with Crippen LogP contribution >= 0.6 is 22.9 Å². The Morgan fingerprint density at radius 3 is 2.81 bits per heavy atom. The number of hydrogen-bond acceptors (Lipinski definition) is 4. The van der Waals surface area contributed by atoms with Crippen LogP contribution in [0.2, 0.25) is 5.02 Å². The van der Waals surface area contributed by atoms with Gasteiger partial charge in [-0.15, -0.1) is 11.3 Å². The lowest BCUT2D eigenvalue weighted by Gasteiger charge is -2.05. The monoisotopic (exact) mass is 253 g/mol. The standard InChI is InChI=1S/C11H12ClN3S/c1-3-13-10-4-7(2)14-11(15-10)9-5-8(12)6-16-9/h4-6H,3H2,1-2H3,(H,13,14,15). The first-order chi connectivity index (χ1) is 7.69. The second-order valence-corrected chi connectivity index (χ2v) is 4.73. The molecular formula is C11H12ClN3S. The number of rotatable bonds is 3. The Bertz CT molecular complexity index is 496. The number of nitrogens with zero attached hydrogens (tertiary/aromatic N) is 2. The van der Waals surface area contributed by atoms with Gasteiger partial charge in [-0.05, 0) is 19.9 Å². The van der Waals surface area contributed by atoms with Crippen LogP contribution in [0.15, 0.2) is 17.5 Å². The molecular weight excluding hydrogens is 242 g/mol. The van der Waals surface area contributed by atoms with Crippen molar-refractivity contribution in [3.8, 4) is 10.7 Å². The highest BCUT2D eigenvalue weighted by Gasteiger charge is 2.07. The van der Waals surface area contributed by atoms with Crippen molar-refractivity contribution in [2.45, 2.75) is 13.8 Å². The van der Waals surface area contributed by atoms with Gasteiger partial charge in [0.2, 0.25) is 0 Å². The molecule has 2 aromatic rings. The molecule has 84 valence electrons. The van der Waals surface area contributed by atoms with Gasteiger partial charge in [0, 0.05) is 23.7 Å². The van der Waals surface area contributed by atoms with Gasteiger partial charge in [-0.3, -0.25) is 0 Å². The van der Waals surface area contributed by atoms with Crippen molar-refractivity contribution in [1.82, 2.24) is 9.97 Å². The molecule has 0 unspecified atom stereocenters.